The van der Waals surface area contributed by atoms with Gasteiger partial charge >= 0.3 is 20.2 Å². The maximum Gasteiger partial charge on any atom is 0.313 e. The highest BCUT2D eigenvalue weighted by atomic mass is 79.9. The Morgan fingerprint density at radius 2 is 1.31 bits per heavy atom. The summed E-state index contributed by atoms with van der Waals surface area (Å²) in [6.07, 6.45) is 2.83. The van der Waals surface area contributed by atoms with Gasteiger partial charge in [0.1, 0.15) is 9.79 Å². The first-order valence-electron chi connectivity index (χ1n) is 6.79. The van der Waals surface area contributed by atoms with Crippen molar-refractivity contribution in [1.82, 2.24) is 0 Å². The van der Waals surface area contributed by atoms with Crippen molar-refractivity contribution in [2.24, 2.45) is 0 Å². The third-order valence-corrected chi connectivity index (χ3v) is 6.90. The predicted molar refractivity (Wildman–Crippen MR) is 102 cm³/mol. The third kappa shape index (κ3) is 4.86. The van der Waals surface area contributed by atoms with Crippen LogP contribution in [0.15, 0.2) is 50.7 Å². The van der Waals surface area contributed by atoms with E-state index in [1.54, 1.807) is 25.1 Å². The van der Waals surface area contributed by atoms with E-state index in [1.807, 2.05) is 0 Å². The lowest BCUT2D eigenvalue weighted by atomic mass is 10.1. The quantitative estimate of drug-likeness (QED) is 0.535. The highest BCUT2D eigenvalue weighted by Crippen LogP contribution is 2.27. The van der Waals surface area contributed by atoms with Crippen LogP contribution in [0.1, 0.15) is 16.7 Å². The zero-order valence-corrected chi connectivity index (χ0v) is 17.7. The number of aryl methyl sites for hydroxylation is 1. The summed E-state index contributed by atoms with van der Waals surface area (Å²) >= 11 is 13.3. The molecule has 0 aromatic heterocycles. The second kappa shape index (κ2) is 8.39. The molecule has 0 atom stereocenters. The maximum absolute atomic E-state index is 12.0. The SMILES string of the molecule is Cc1ccc(/C=C/c2ccc(Br)cc2S(=O)(=O)OCl)c(S(=O)(=O)OCl)c1. The molecule has 0 N–H and O–H groups in total. The number of hydrogen-bond acceptors (Lipinski definition) is 6. The first-order chi connectivity index (χ1) is 12.1. The van der Waals surface area contributed by atoms with Crippen molar-refractivity contribution < 1.29 is 24.3 Å². The fourth-order valence-corrected chi connectivity index (χ4v) is 4.61. The number of halogens is 3. The van der Waals surface area contributed by atoms with Gasteiger partial charge in [0.25, 0.3) is 0 Å². The van der Waals surface area contributed by atoms with Gasteiger partial charge in [-0.3, -0.25) is 0 Å². The third-order valence-electron chi connectivity index (χ3n) is 3.29. The fourth-order valence-electron chi connectivity index (χ4n) is 2.11. The minimum atomic E-state index is -4.19. The van der Waals surface area contributed by atoms with Gasteiger partial charge in [-0.15, -0.1) is 0 Å². The van der Waals surface area contributed by atoms with Crippen LogP contribution < -0.4 is 0 Å². The summed E-state index contributed by atoms with van der Waals surface area (Å²) in [6.45, 7) is 1.71. The van der Waals surface area contributed by atoms with Crippen molar-refractivity contribution in [3.05, 3.63) is 57.6 Å². The van der Waals surface area contributed by atoms with Crippen LogP contribution in [0, 0.1) is 6.92 Å². The molecule has 0 amide bonds. The molecule has 0 heterocycles. The second-order valence-corrected chi connectivity index (χ2v) is 9.71. The lowest BCUT2D eigenvalue weighted by molar-refractivity contribution is 0.506. The minimum Gasteiger partial charge on any atom is -0.193 e. The lowest BCUT2D eigenvalue weighted by Crippen LogP contribution is -2.03. The summed E-state index contributed by atoms with van der Waals surface area (Å²) in [5.41, 5.74) is 1.18. The van der Waals surface area contributed by atoms with E-state index < -0.39 is 20.2 Å². The standard InChI is InChI=1S/C15H11BrCl2O6S2/c1-10-2-3-11(14(8-10)25(19,20)23-17)4-5-12-6-7-13(16)9-15(12)26(21,22)24-18/h2-9H,1H3/b5-4+. The molecule has 0 aliphatic heterocycles. The van der Waals surface area contributed by atoms with Gasteiger partial charge in [-0.25, -0.2) is 0 Å². The molecule has 11 heteroatoms. The van der Waals surface area contributed by atoms with E-state index in [4.69, 9.17) is 23.7 Å². The minimum absolute atomic E-state index is 0.154. The summed E-state index contributed by atoms with van der Waals surface area (Å²) in [7, 11) is -8.35. The normalized spacial score (nSPS) is 12.6. The Morgan fingerprint density at radius 1 is 0.846 bits per heavy atom. The zero-order valence-electron chi connectivity index (χ0n) is 13.0. The highest BCUT2D eigenvalue weighted by molar-refractivity contribution is 9.10. The first kappa shape index (κ1) is 21.4. The molecule has 0 bridgehead atoms. The van der Waals surface area contributed by atoms with E-state index >= 15 is 0 Å². The van der Waals surface area contributed by atoms with Gasteiger partial charge in [0.2, 0.25) is 0 Å². The molecule has 26 heavy (non-hydrogen) atoms. The molecule has 0 saturated heterocycles. The Bertz CT molecular complexity index is 980. The molecule has 0 unspecified atom stereocenters. The van der Waals surface area contributed by atoms with Gasteiger partial charge in [0, 0.05) is 4.47 Å². The molecule has 6 nitrogen and oxygen atoms in total. The van der Waals surface area contributed by atoms with Crippen LogP contribution in [0.25, 0.3) is 12.2 Å². The topological polar surface area (TPSA) is 86.7 Å². The van der Waals surface area contributed by atoms with E-state index in [0.29, 0.717) is 10.0 Å². The van der Waals surface area contributed by atoms with Gasteiger partial charge in [0.05, 0.1) is 23.7 Å². The molecule has 0 aliphatic rings. The molecular formula is C15H11BrCl2O6S2. The number of hydrogen-bond donors (Lipinski definition) is 0. The van der Waals surface area contributed by atoms with Crippen molar-refractivity contribution in [3.63, 3.8) is 0 Å². The van der Waals surface area contributed by atoms with Gasteiger partial charge < -0.3 is 0 Å². The maximum atomic E-state index is 12.0. The molecule has 2 rings (SSSR count). The van der Waals surface area contributed by atoms with E-state index in [9.17, 15) is 16.8 Å². The van der Waals surface area contributed by atoms with E-state index in [-0.39, 0.29) is 20.9 Å². The van der Waals surface area contributed by atoms with Gasteiger partial charge in [-0.2, -0.15) is 24.3 Å². The van der Waals surface area contributed by atoms with Gasteiger partial charge in [0.15, 0.2) is 0 Å². The molecule has 2 aromatic rings. The smallest absolute Gasteiger partial charge is 0.193 e. The largest absolute Gasteiger partial charge is 0.313 e. The van der Waals surface area contributed by atoms with Crippen molar-refractivity contribution in [3.8, 4) is 0 Å². The Balaban J connectivity index is 2.60. The lowest BCUT2D eigenvalue weighted by Gasteiger charge is -2.07. The predicted octanol–water partition coefficient (Wildman–Crippen LogP) is 4.65. The van der Waals surface area contributed by atoms with Crippen molar-refractivity contribution in [2.45, 2.75) is 16.7 Å². The number of rotatable bonds is 6. The summed E-state index contributed by atoms with van der Waals surface area (Å²) in [5, 5.41) is 0. The average Bonchev–Trinajstić information content (AvgIpc) is 2.61. The van der Waals surface area contributed by atoms with Crippen LogP contribution in [-0.4, -0.2) is 16.8 Å². The van der Waals surface area contributed by atoms with E-state index in [1.165, 1.54) is 30.4 Å². The average molecular weight is 502 g/mol. The van der Waals surface area contributed by atoms with Crippen molar-refractivity contribution >= 4 is 72.1 Å². The summed E-state index contributed by atoms with van der Waals surface area (Å²) in [4.78, 5) is -0.345. The van der Waals surface area contributed by atoms with Crippen LogP contribution in [0.4, 0.5) is 0 Å². The zero-order chi connectivity index (χ0) is 19.5. The molecular weight excluding hydrogens is 491 g/mol. The molecule has 0 radical (unpaired) electrons. The monoisotopic (exact) mass is 500 g/mol. The van der Waals surface area contributed by atoms with Crippen LogP contribution in [-0.2, 0) is 27.7 Å². The molecule has 140 valence electrons. The van der Waals surface area contributed by atoms with Gasteiger partial charge in [-0.05, 0) is 41.8 Å². The molecule has 0 saturated carbocycles. The summed E-state index contributed by atoms with van der Waals surface area (Å²) in [6, 6.07) is 9.05. The number of benzene rings is 2. The van der Waals surface area contributed by atoms with E-state index in [2.05, 4.69) is 23.4 Å². The van der Waals surface area contributed by atoms with Crippen LogP contribution in [0.2, 0.25) is 0 Å². The first-order valence-corrected chi connectivity index (χ1v) is 11.0. The Morgan fingerprint density at radius 3 is 1.81 bits per heavy atom. The van der Waals surface area contributed by atoms with Crippen LogP contribution in [0.5, 0.6) is 0 Å². The Labute approximate surface area is 170 Å². The Kier molecular flexibility index (Phi) is 6.89. The van der Waals surface area contributed by atoms with Gasteiger partial charge in [-0.1, -0.05) is 46.3 Å². The van der Waals surface area contributed by atoms with Crippen LogP contribution in [0.3, 0.4) is 0 Å². The fraction of sp³-hybridized carbons (Fsp3) is 0.0667. The second-order valence-electron chi connectivity index (χ2n) is 5.09. The molecule has 0 aliphatic carbocycles. The van der Waals surface area contributed by atoms with Crippen molar-refractivity contribution in [1.29, 1.82) is 0 Å². The highest BCUT2D eigenvalue weighted by Gasteiger charge is 2.20. The molecule has 0 spiro atoms. The summed E-state index contributed by atoms with van der Waals surface area (Å²) < 4.78 is 56.5. The van der Waals surface area contributed by atoms with E-state index in [0.717, 1.165) is 0 Å². The molecule has 0 fully saturated rings. The van der Waals surface area contributed by atoms with Crippen molar-refractivity contribution in [2.75, 3.05) is 0 Å². The summed E-state index contributed by atoms with van der Waals surface area (Å²) in [5.74, 6) is 0. The Hall–Kier alpha value is -0.940. The van der Waals surface area contributed by atoms with Crippen LogP contribution >= 0.6 is 39.7 Å². The molecule has 2 aromatic carbocycles.